The number of esters is 1. The van der Waals surface area contributed by atoms with E-state index in [0.29, 0.717) is 0 Å². The van der Waals surface area contributed by atoms with Crippen molar-refractivity contribution >= 4 is 17.5 Å². The minimum absolute atomic E-state index is 0.0327. The number of ether oxygens (including phenoxy) is 2. The fourth-order valence-electron chi connectivity index (χ4n) is 6.51. The van der Waals surface area contributed by atoms with Gasteiger partial charge in [-0.25, -0.2) is 0 Å². The van der Waals surface area contributed by atoms with E-state index in [2.05, 4.69) is 0 Å². The van der Waals surface area contributed by atoms with Gasteiger partial charge in [0.15, 0.2) is 17.1 Å². The van der Waals surface area contributed by atoms with Crippen molar-refractivity contribution in [3.8, 4) is 0 Å². The number of hydrogen-bond donors (Lipinski definition) is 3. The Balaban J connectivity index is 2.06. The number of hydrogen-bond acceptors (Lipinski definition) is 8. The zero-order valence-electron chi connectivity index (χ0n) is 13.6. The van der Waals surface area contributed by atoms with Crippen molar-refractivity contribution < 1.29 is 39.2 Å². The lowest BCUT2D eigenvalue weighted by Gasteiger charge is -2.48. The summed E-state index contributed by atoms with van der Waals surface area (Å²) in [6.45, 7) is 2.21. The highest BCUT2D eigenvalue weighted by Crippen LogP contribution is 2.82. The third kappa shape index (κ3) is 0.952. The van der Waals surface area contributed by atoms with Gasteiger partial charge in [-0.15, -0.1) is 0 Å². The predicted molar refractivity (Wildman–Crippen MR) is 78.2 cm³/mol. The lowest BCUT2D eigenvalue weighted by molar-refractivity contribution is -0.173. The van der Waals surface area contributed by atoms with Gasteiger partial charge in [0.25, 0.3) is 0 Å². The molecule has 8 nitrogen and oxygen atoms in total. The highest BCUT2D eigenvalue weighted by Gasteiger charge is 2.95. The lowest BCUT2D eigenvalue weighted by atomic mass is 9.54. The van der Waals surface area contributed by atoms with Crippen LogP contribution in [-0.4, -0.2) is 58.3 Å². The summed E-state index contributed by atoms with van der Waals surface area (Å²) in [5, 5.41) is 32.5. The minimum atomic E-state index is -2.36. The predicted octanol–water partition coefficient (Wildman–Crippen LogP) is -0.277. The van der Waals surface area contributed by atoms with E-state index in [1.165, 1.54) is 13.8 Å². The highest BCUT2D eigenvalue weighted by molar-refractivity contribution is 6.15. The van der Waals surface area contributed by atoms with Gasteiger partial charge in [0, 0.05) is 0 Å². The van der Waals surface area contributed by atoms with Crippen molar-refractivity contribution in [2.75, 3.05) is 19.8 Å². The van der Waals surface area contributed by atoms with Crippen molar-refractivity contribution in [1.82, 2.24) is 0 Å². The molecule has 5 unspecified atom stereocenters. The first-order valence-electron chi connectivity index (χ1n) is 8.03. The van der Waals surface area contributed by atoms with E-state index in [1.54, 1.807) is 0 Å². The quantitative estimate of drug-likeness (QED) is 0.510. The van der Waals surface area contributed by atoms with Crippen LogP contribution in [0.5, 0.6) is 0 Å². The molecular weight excluding hydrogens is 332 g/mol. The van der Waals surface area contributed by atoms with E-state index in [4.69, 9.17) is 9.47 Å². The molecule has 0 aromatic heterocycles. The van der Waals surface area contributed by atoms with Crippen LogP contribution < -0.4 is 0 Å². The fraction of sp³-hybridized carbons (Fsp3) is 0.588. The highest BCUT2D eigenvalue weighted by atomic mass is 16.6. The third-order valence-corrected chi connectivity index (χ3v) is 7.54. The average molecular weight is 348 g/mol. The van der Waals surface area contributed by atoms with E-state index in [0.717, 1.165) is 0 Å². The Hall–Kier alpha value is -2.19. The van der Waals surface area contributed by atoms with Crippen LogP contribution in [-0.2, 0) is 23.9 Å². The fourth-order valence-corrected chi connectivity index (χ4v) is 6.51. The van der Waals surface area contributed by atoms with Gasteiger partial charge in [-0.3, -0.25) is 14.4 Å². The number of aliphatic hydroxyl groups excluding tert-OH is 2. The molecule has 132 valence electrons. The smallest absolute Gasteiger partial charge is 0.316 e. The van der Waals surface area contributed by atoms with Gasteiger partial charge in [-0.05, 0) is 25.0 Å². The molecule has 2 saturated heterocycles. The summed E-state index contributed by atoms with van der Waals surface area (Å²) in [5.41, 5.74) is -6.84. The van der Waals surface area contributed by atoms with Crippen LogP contribution in [0.4, 0.5) is 0 Å². The van der Waals surface area contributed by atoms with E-state index in [1.807, 2.05) is 0 Å². The molecule has 2 heterocycles. The van der Waals surface area contributed by atoms with Crippen molar-refractivity contribution in [2.45, 2.75) is 19.4 Å². The second-order valence-corrected chi connectivity index (χ2v) is 7.69. The molecule has 8 heteroatoms. The molecular formula is C17H16O8. The van der Waals surface area contributed by atoms with E-state index in [9.17, 15) is 29.7 Å². The molecule has 3 fully saturated rings. The van der Waals surface area contributed by atoms with Gasteiger partial charge in [0.1, 0.15) is 12.0 Å². The summed E-state index contributed by atoms with van der Waals surface area (Å²) in [5.74, 6) is -5.10. The normalized spacial score (nSPS) is 50.4. The van der Waals surface area contributed by atoms with Crippen LogP contribution in [0.25, 0.3) is 0 Å². The summed E-state index contributed by atoms with van der Waals surface area (Å²) < 4.78 is 10.9. The number of ketones is 2. The molecule has 3 N–H and O–H groups in total. The number of carbonyl (C=O) groups excluding carboxylic acids is 3. The number of carbonyl (C=O) groups is 3. The third-order valence-electron chi connectivity index (χ3n) is 7.54. The molecule has 1 saturated carbocycles. The Kier molecular flexibility index (Phi) is 2.21. The number of aliphatic hydroxyl groups is 3. The molecule has 3 aliphatic carbocycles. The Morgan fingerprint density at radius 2 is 1.60 bits per heavy atom. The summed E-state index contributed by atoms with van der Waals surface area (Å²) >= 11 is 0. The number of rotatable bonds is 0. The molecule has 0 amide bonds. The first kappa shape index (κ1) is 15.1. The summed E-state index contributed by atoms with van der Waals surface area (Å²) in [6, 6.07) is 0. The SMILES string of the molecule is CC1=C(O)C(=O)C2(O)C3C(=O)C(O)=C(C)C24COCC42C(=O)OCC132. The van der Waals surface area contributed by atoms with Gasteiger partial charge in [-0.2, -0.15) is 0 Å². The summed E-state index contributed by atoms with van der Waals surface area (Å²) in [7, 11) is 0. The summed E-state index contributed by atoms with van der Waals surface area (Å²) in [6.07, 6.45) is 0. The Morgan fingerprint density at radius 1 is 0.960 bits per heavy atom. The Morgan fingerprint density at radius 3 is 2.28 bits per heavy atom. The largest absolute Gasteiger partial charge is 0.504 e. The molecule has 25 heavy (non-hydrogen) atoms. The van der Waals surface area contributed by atoms with Gasteiger partial charge in [0.2, 0.25) is 11.6 Å². The van der Waals surface area contributed by atoms with Gasteiger partial charge in [0.05, 0.1) is 30.0 Å². The van der Waals surface area contributed by atoms with Crippen molar-refractivity contribution in [1.29, 1.82) is 0 Å². The number of allylic oxidation sites excluding steroid dienone is 1. The molecule has 0 aromatic carbocycles. The van der Waals surface area contributed by atoms with Crippen LogP contribution >= 0.6 is 0 Å². The van der Waals surface area contributed by atoms with Gasteiger partial charge < -0.3 is 24.8 Å². The van der Waals surface area contributed by atoms with Crippen LogP contribution in [0.1, 0.15) is 13.8 Å². The molecule has 4 bridgehead atoms. The minimum Gasteiger partial charge on any atom is -0.504 e. The molecule has 5 atom stereocenters. The first-order chi connectivity index (χ1) is 11.7. The molecule has 5 aliphatic rings. The molecule has 2 aliphatic heterocycles. The monoisotopic (exact) mass is 348 g/mol. The van der Waals surface area contributed by atoms with Gasteiger partial charge in [-0.1, -0.05) is 0 Å². The van der Waals surface area contributed by atoms with Gasteiger partial charge >= 0.3 is 5.97 Å². The molecule has 5 rings (SSSR count). The van der Waals surface area contributed by atoms with E-state index >= 15 is 0 Å². The zero-order chi connectivity index (χ0) is 18.2. The maximum Gasteiger partial charge on any atom is 0.316 e. The Labute approximate surface area is 141 Å². The second-order valence-electron chi connectivity index (χ2n) is 7.69. The number of cyclic esters (lactones) is 1. The Bertz CT molecular complexity index is 883. The topological polar surface area (TPSA) is 130 Å². The molecule has 3 spiro atoms. The second kappa shape index (κ2) is 3.66. The van der Waals surface area contributed by atoms with E-state index < -0.39 is 56.8 Å². The van der Waals surface area contributed by atoms with Crippen molar-refractivity contribution in [3.05, 3.63) is 22.7 Å². The molecule has 0 aromatic rings. The van der Waals surface area contributed by atoms with Crippen molar-refractivity contribution in [3.63, 3.8) is 0 Å². The maximum atomic E-state index is 13.0. The standard InChI is InChI=1S/C17H16O8/c1-6-9(19)12(21)17(23)11-10(20)8(18)7(2)15(17)4-24-5-16(15)13(22)25-3-14(6,11)16/h11,18-19,23H,3-5H2,1-2H3. The summed E-state index contributed by atoms with van der Waals surface area (Å²) in [4.78, 5) is 38.9. The van der Waals surface area contributed by atoms with Crippen LogP contribution in [0, 0.1) is 22.2 Å². The average Bonchev–Trinajstić information content (AvgIpc) is 3.15. The van der Waals surface area contributed by atoms with Crippen LogP contribution in [0.3, 0.4) is 0 Å². The van der Waals surface area contributed by atoms with E-state index in [-0.39, 0.29) is 31.0 Å². The maximum absolute atomic E-state index is 13.0. The van der Waals surface area contributed by atoms with Crippen LogP contribution in [0.15, 0.2) is 22.7 Å². The van der Waals surface area contributed by atoms with Crippen LogP contribution in [0.2, 0.25) is 0 Å². The molecule has 0 radical (unpaired) electrons. The first-order valence-corrected chi connectivity index (χ1v) is 8.03. The zero-order valence-corrected chi connectivity index (χ0v) is 13.6. The number of Topliss-reactive ketones (excluding diaryl/α,β-unsaturated/α-hetero) is 2. The van der Waals surface area contributed by atoms with Crippen molar-refractivity contribution in [2.24, 2.45) is 22.2 Å². The lowest BCUT2D eigenvalue weighted by Crippen LogP contribution is -2.65.